The van der Waals surface area contributed by atoms with Crippen LogP contribution in [-0.4, -0.2) is 76.9 Å². The predicted molar refractivity (Wildman–Crippen MR) is 177 cm³/mol. The standard InChI is InChI=1S/2C16H32O4S.Ca/c2*1-3-5-7-9-10-12-14-16(13-11-8-6-4-2)15-20-21(17,18)19;/h2*12,14,16H,3-11,13,15H2,1-2H3,(H,17,18,19);/q;;+2/p-2/b2*14-12+;. The van der Waals surface area contributed by atoms with Gasteiger partial charge in [0.1, 0.15) is 0 Å². The van der Waals surface area contributed by atoms with Gasteiger partial charge in [-0.2, -0.15) is 0 Å². The molecule has 0 N–H and O–H groups in total. The van der Waals surface area contributed by atoms with Gasteiger partial charge in [-0.3, -0.25) is 8.37 Å². The topological polar surface area (TPSA) is 133 Å². The van der Waals surface area contributed by atoms with E-state index in [9.17, 15) is 25.9 Å². The Morgan fingerprint density at radius 3 is 1.09 bits per heavy atom. The third kappa shape index (κ3) is 42.5. The molecule has 0 fully saturated rings. The maximum absolute atomic E-state index is 10.6. The normalized spacial score (nSPS) is 13.5. The Labute approximate surface area is 296 Å². The molecule has 0 radical (unpaired) electrons. The molecule has 0 aliphatic carbocycles. The fourth-order valence-corrected chi connectivity index (χ4v) is 5.12. The van der Waals surface area contributed by atoms with Crippen LogP contribution in [0, 0.1) is 11.8 Å². The summed E-state index contributed by atoms with van der Waals surface area (Å²) < 4.78 is 72.2. The van der Waals surface area contributed by atoms with E-state index < -0.39 is 20.8 Å². The molecule has 0 aromatic heterocycles. The second-order valence-electron chi connectivity index (χ2n) is 11.2. The number of unbranched alkanes of at least 4 members (excludes halogenated alkanes) is 14. The Kier molecular flexibility index (Phi) is 37.7. The van der Waals surface area contributed by atoms with Crippen molar-refractivity contribution in [2.24, 2.45) is 11.8 Å². The molecule has 0 rings (SSSR count). The van der Waals surface area contributed by atoms with Crippen LogP contribution in [0.3, 0.4) is 0 Å². The average Bonchev–Trinajstić information content (AvgIpc) is 2.92. The Morgan fingerprint density at radius 1 is 0.512 bits per heavy atom. The molecule has 0 spiro atoms. The molecule has 0 aliphatic heterocycles. The monoisotopic (exact) mass is 678 g/mol. The molecule has 0 aromatic rings. The quantitative estimate of drug-likeness (QED) is 0.0264. The van der Waals surface area contributed by atoms with Crippen molar-refractivity contribution >= 4 is 58.5 Å². The van der Waals surface area contributed by atoms with Gasteiger partial charge in [0.05, 0.1) is 13.2 Å². The van der Waals surface area contributed by atoms with Gasteiger partial charge in [0, 0.05) is 11.8 Å². The van der Waals surface area contributed by atoms with Crippen LogP contribution in [0.2, 0.25) is 0 Å². The molecule has 0 amide bonds. The van der Waals surface area contributed by atoms with Crippen LogP contribution >= 0.6 is 0 Å². The fraction of sp³-hybridized carbons (Fsp3) is 0.875. The molecule has 252 valence electrons. The van der Waals surface area contributed by atoms with E-state index in [1.165, 1.54) is 64.2 Å². The molecule has 0 bridgehead atoms. The van der Waals surface area contributed by atoms with E-state index in [0.29, 0.717) is 0 Å². The largest absolute Gasteiger partial charge is 2.00 e. The van der Waals surface area contributed by atoms with Gasteiger partial charge in [0.15, 0.2) is 0 Å². The predicted octanol–water partition coefficient (Wildman–Crippen LogP) is 8.77. The van der Waals surface area contributed by atoms with Crippen LogP contribution in [0.5, 0.6) is 0 Å². The third-order valence-corrected chi connectivity index (χ3v) is 7.82. The zero-order valence-electron chi connectivity index (χ0n) is 27.8. The summed E-state index contributed by atoms with van der Waals surface area (Å²) in [5.74, 6) is 0.0495. The summed E-state index contributed by atoms with van der Waals surface area (Å²) in [6, 6.07) is 0. The Bertz CT molecular complexity index is 775. The molecular formula is C32H62CaO8S2. The average molecular weight is 679 g/mol. The van der Waals surface area contributed by atoms with Crippen molar-refractivity contribution < 1.29 is 34.3 Å². The first-order chi connectivity index (χ1) is 20.0. The van der Waals surface area contributed by atoms with Gasteiger partial charge < -0.3 is 9.11 Å². The van der Waals surface area contributed by atoms with Gasteiger partial charge >= 0.3 is 37.7 Å². The van der Waals surface area contributed by atoms with Crippen LogP contribution in [0.4, 0.5) is 0 Å². The molecular weight excluding hydrogens is 617 g/mol. The van der Waals surface area contributed by atoms with Gasteiger partial charge in [-0.05, 0) is 38.5 Å². The van der Waals surface area contributed by atoms with Gasteiger partial charge in [0.2, 0.25) is 20.8 Å². The molecule has 8 nitrogen and oxygen atoms in total. The van der Waals surface area contributed by atoms with E-state index in [1.807, 2.05) is 12.2 Å². The summed E-state index contributed by atoms with van der Waals surface area (Å²) in [4.78, 5) is 0. The molecule has 0 aromatic carbocycles. The van der Waals surface area contributed by atoms with Crippen molar-refractivity contribution in [2.75, 3.05) is 13.2 Å². The Hall–Kier alpha value is 0.480. The molecule has 43 heavy (non-hydrogen) atoms. The van der Waals surface area contributed by atoms with Crippen LogP contribution in [0.25, 0.3) is 0 Å². The smallest absolute Gasteiger partial charge is 0.726 e. The van der Waals surface area contributed by atoms with Gasteiger partial charge in [-0.25, -0.2) is 16.8 Å². The van der Waals surface area contributed by atoms with E-state index in [0.717, 1.165) is 64.2 Å². The third-order valence-electron chi connectivity index (χ3n) is 6.98. The van der Waals surface area contributed by atoms with Gasteiger partial charge in [-0.1, -0.05) is 142 Å². The number of hydrogen-bond acceptors (Lipinski definition) is 8. The fourth-order valence-electron chi connectivity index (χ4n) is 4.43. The Morgan fingerprint density at radius 2 is 0.814 bits per heavy atom. The summed E-state index contributed by atoms with van der Waals surface area (Å²) in [6.07, 6.45) is 30.8. The first-order valence-corrected chi connectivity index (χ1v) is 19.2. The molecule has 11 heteroatoms. The maximum atomic E-state index is 10.6. The number of allylic oxidation sites excluding steroid dienone is 2. The Balaban J connectivity index is -0.000000727. The number of rotatable bonds is 28. The molecule has 0 saturated heterocycles. The zero-order chi connectivity index (χ0) is 32.0. The second-order valence-corrected chi connectivity index (χ2v) is 13.3. The minimum absolute atomic E-state index is 0. The van der Waals surface area contributed by atoms with Crippen molar-refractivity contribution in [3.05, 3.63) is 24.3 Å². The van der Waals surface area contributed by atoms with Gasteiger partial charge in [0.25, 0.3) is 0 Å². The van der Waals surface area contributed by atoms with Crippen molar-refractivity contribution in [1.82, 2.24) is 0 Å². The van der Waals surface area contributed by atoms with Crippen molar-refractivity contribution in [2.45, 2.75) is 156 Å². The van der Waals surface area contributed by atoms with E-state index in [4.69, 9.17) is 0 Å². The summed E-state index contributed by atoms with van der Waals surface area (Å²) in [7, 11) is -9.16. The SMILES string of the molecule is CCCCCC/C=C/C(CCCCCC)COS(=O)(=O)[O-].CCCCCC/C=C/C(CCCCCC)COS(=O)(=O)[O-].[Ca+2]. The molecule has 2 unspecified atom stereocenters. The minimum atomic E-state index is -4.58. The first kappa shape index (κ1) is 47.9. The van der Waals surface area contributed by atoms with Crippen molar-refractivity contribution in [3.8, 4) is 0 Å². The zero-order valence-corrected chi connectivity index (χ0v) is 31.7. The first-order valence-electron chi connectivity index (χ1n) is 16.5. The van der Waals surface area contributed by atoms with E-state index >= 15 is 0 Å². The molecule has 0 saturated carbocycles. The molecule has 2 atom stereocenters. The van der Waals surface area contributed by atoms with Crippen molar-refractivity contribution in [1.29, 1.82) is 0 Å². The molecule has 0 aliphatic rings. The van der Waals surface area contributed by atoms with Crippen molar-refractivity contribution in [3.63, 3.8) is 0 Å². The minimum Gasteiger partial charge on any atom is -0.726 e. The summed E-state index contributed by atoms with van der Waals surface area (Å²) >= 11 is 0. The van der Waals surface area contributed by atoms with Crippen LogP contribution in [0.15, 0.2) is 24.3 Å². The van der Waals surface area contributed by atoms with Crippen LogP contribution in [0.1, 0.15) is 156 Å². The number of hydrogen-bond donors (Lipinski definition) is 0. The van der Waals surface area contributed by atoms with E-state index in [2.05, 4.69) is 48.2 Å². The maximum Gasteiger partial charge on any atom is 2.00 e. The molecule has 0 heterocycles. The summed E-state index contributed by atoms with van der Waals surface area (Å²) in [6.45, 7) is 8.63. The second kappa shape index (κ2) is 33.8. The van der Waals surface area contributed by atoms with Crippen LogP contribution < -0.4 is 0 Å². The van der Waals surface area contributed by atoms with Crippen LogP contribution in [-0.2, 0) is 29.2 Å². The summed E-state index contributed by atoms with van der Waals surface area (Å²) in [5.41, 5.74) is 0. The van der Waals surface area contributed by atoms with E-state index in [1.54, 1.807) is 0 Å². The van der Waals surface area contributed by atoms with Gasteiger partial charge in [-0.15, -0.1) is 0 Å². The summed E-state index contributed by atoms with van der Waals surface area (Å²) in [5, 5.41) is 0. The van der Waals surface area contributed by atoms with E-state index in [-0.39, 0.29) is 62.8 Å².